The van der Waals surface area contributed by atoms with E-state index >= 15 is 0 Å². The molecule has 0 aliphatic carbocycles. The van der Waals surface area contributed by atoms with Gasteiger partial charge in [0.2, 0.25) is 0 Å². The number of hydrogen-bond acceptors (Lipinski definition) is 2. The van der Waals surface area contributed by atoms with E-state index in [4.69, 9.17) is 0 Å². The van der Waals surface area contributed by atoms with E-state index in [-0.39, 0.29) is 11.3 Å². The normalized spacial score (nSPS) is 12.3. The average Bonchev–Trinajstić information content (AvgIpc) is 2.37. The number of benzene rings is 1. The van der Waals surface area contributed by atoms with Crippen molar-refractivity contribution in [3.8, 4) is 0 Å². The molecule has 2 rings (SSSR count). The van der Waals surface area contributed by atoms with Crippen LogP contribution >= 0.6 is 0 Å². The predicted molar refractivity (Wildman–Crippen MR) is 68.4 cm³/mol. The van der Waals surface area contributed by atoms with Crippen LogP contribution in [0.2, 0.25) is 0 Å². The lowest BCUT2D eigenvalue weighted by molar-refractivity contribution is 0.622. The maximum absolute atomic E-state index is 13.0. The van der Waals surface area contributed by atoms with Gasteiger partial charge in [0.05, 0.1) is 10.8 Å². The first-order valence-electron chi connectivity index (χ1n) is 5.46. The van der Waals surface area contributed by atoms with Gasteiger partial charge >= 0.3 is 0 Å². The second kappa shape index (κ2) is 5.73. The zero-order valence-electron chi connectivity index (χ0n) is 9.58. The van der Waals surface area contributed by atoms with Crippen molar-refractivity contribution in [3.63, 3.8) is 0 Å². The molecule has 0 fully saturated rings. The first-order chi connectivity index (χ1) is 8.66. The molecule has 0 amide bonds. The second-order valence-electron chi connectivity index (χ2n) is 3.74. The Morgan fingerprint density at radius 1 is 1.17 bits per heavy atom. The van der Waals surface area contributed by atoms with Crippen LogP contribution < -0.4 is 5.56 Å². The third kappa shape index (κ3) is 3.13. The summed E-state index contributed by atoms with van der Waals surface area (Å²) in [6.07, 6.45) is 1.64. The number of nitrogens with zero attached hydrogens (tertiary/aromatic N) is 1. The van der Waals surface area contributed by atoms with Crippen molar-refractivity contribution in [2.45, 2.75) is 11.4 Å². The first-order valence-corrected chi connectivity index (χ1v) is 6.78. The van der Waals surface area contributed by atoms with E-state index < -0.39 is 16.6 Å². The Morgan fingerprint density at radius 2 is 2.00 bits per heavy atom. The summed E-state index contributed by atoms with van der Waals surface area (Å²) < 4.78 is 26.4. The molecule has 1 heterocycles. The standard InChI is InChI=1S/C13H12FNO2S/c14-11-4-3-5-12(10-11)18(17)9-8-15-7-2-1-6-13(15)16/h1-7,10H,8-9H2. The summed E-state index contributed by atoms with van der Waals surface area (Å²) in [6.45, 7) is 0.350. The Bertz CT molecular complexity index is 624. The largest absolute Gasteiger partial charge is 0.315 e. The lowest BCUT2D eigenvalue weighted by Gasteiger charge is -2.05. The van der Waals surface area contributed by atoms with Crippen molar-refractivity contribution in [1.82, 2.24) is 4.57 Å². The highest BCUT2D eigenvalue weighted by molar-refractivity contribution is 7.85. The Hall–Kier alpha value is -1.75. The van der Waals surface area contributed by atoms with Crippen LogP contribution in [-0.2, 0) is 17.3 Å². The first kappa shape index (κ1) is 12.7. The van der Waals surface area contributed by atoms with Crippen LogP contribution in [0.15, 0.2) is 58.4 Å². The van der Waals surface area contributed by atoms with Gasteiger partial charge in [-0.05, 0) is 24.3 Å². The fraction of sp³-hybridized carbons (Fsp3) is 0.154. The van der Waals surface area contributed by atoms with Crippen LogP contribution in [0.5, 0.6) is 0 Å². The summed E-state index contributed by atoms with van der Waals surface area (Å²) >= 11 is 0. The molecule has 94 valence electrons. The lowest BCUT2D eigenvalue weighted by Crippen LogP contribution is -2.20. The second-order valence-corrected chi connectivity index (χ2v) is 5.31. The maximum Gasteiger partial charge on any atom is 0.250 e. The zero-order valence-corrected chi connectivity index (χ0v) is 10.4. The third-order valence-corrected chi connectivity index (χ3v) is 3.81. The minimum Gasteiger partial charge on any atom is -0.315 e. The molecule has 18 heavy (non-hydrogen) atoms. The van der Waals surface area contributed by atoms with Gasteiger partial charge in [-0.25, -0.2) is 4.39 Å². The predicted octanol–water partition coefficient (Wildman–Crippen LogP) is 1.80. The summed E-state index contributed by atoms with van der Waals surface area (Å²) in [6, 6.07) is 10.6. The highest BCUT2D eigenvalue weighted by Gasteiger charge is 2.05. The van der Waals surface area contributed by atoms with Gasteiger partial charge in [-0.1, -0.05) is 12.1 Å². The Balaban J connectivity index is 2.05. The molecule has 0 bridgehead atoms. The van der Waals surface area contributed by atoms with Crippen molar-refractivity contribution in [2.75, 3.05) is 5.75 Å². The molecule has 1 atom stereocenters. The molecule has 0 aliphatic rings. The minimum atomic E-state index is -1.30. The smallest absolute Gasteiger partial charge is 0.250 e. The summed E-state index contributed by atoms with van der Waals surface area (Å²) in [7, 11) is -1.30. The van der Waals surface area contributed by atoms with Gasteiger partial charge < -0.3 is 4.57 Å². The highest BCUT2D eigenvalue weighted by Crippen LogP contribution is 2.08. The Kier molecular flexibility index (Phi) is 4.04. The maximum atomic E-state index is 13.0. The number of halogens is 1. The molecule has 1 aromatic heterocycles. The van der Waals surface area contributed by atoms with E-state index in [0.717, 1.165) is 0 Å². The molecule has 0 spiro atoms. The third-order valence-electron chi connectivity index (χ3n) is 2.48. The molecule has 0 radical (unpaired) electrons. The molecule has 3 nitrogen and oxygen atoms in total. The number of aryl methyl sites for hydroxylation is 1. The molecule has 0 saturated carbocycles. The SMILES string of the molecule is O=c1ccccn1CCS(=O)c1cccc(F)c1. The van der Waals surface area contributed by atoms with Crippen molar-refractivity contribution in [3.05, 3.63) is 64.8 Å². The van der Waals surface area contributed by atoms with E-state index in [1.165, 1.54) is 28.8 Å². The van der Waals surface area contributed by atoms with Crippen LogP contribution in [0.3, 0.4) is 0 Å². The van der Waals surface area contributed by atoms with Crippen molar-refractivity contribution in [2.24, 2.45) is 0 Å². The van der Waals surface area contributed by atoms with Crippen LogP contribution in [0.4, 0.5) is 4.39 Å². The molecule has 1 aromatic carbocycles. The van der Waals surface area contributed by atoms with E-state index in [1.54, 1.807) is 24.4 Å². The van der Waals surface area contributed by atoms with E-state index in [0.29, 0.717) is 11.4 Å². The van der Waals surface area contributed by atoms with Crippen molar-refractivity contribution in [1.29, 1.82) is 0 Å². The van der Waals surface area contributed by atoms with Gasteiger partial charge in [-0.15, -0.1) is 0 Å². The fourth-order valence-electron chi connectivity index (χ4n) is 1.55. The quantitative estimate of drug-likeness (QED) is 0.845. The molecular weight excluding hydrogens is 253 g/mol. The van der Waals surface area contributed by atoms with Crippen LogP contribution in [0, 0.1) is 5.82 Å². The number of rotatable bonds is 4. The summed E-state index contributed by atoms with van der Waals surface area (Å²) in [5.41, 5.74) is -0.131. The molecule has 0 N–H and O–H groups in total. The van der Waals surface area contributed by atoms with Gasteiger partial charge in [0.25, 0.3) is 5.56 Å². The minimum absolute atomic E-state index is 0.131. The molecule has 1 unspecified atom stereocenters. The monoisotopic (exact) mass is 265 g/mol. The summed E-state index contributed by atoms with van der Waals surface area (Å²) in [5, 5.41) is 0. The number of pyridine rings is 1. The summed E-state index contributed by atoms with van der Waals surface area (Å²) in [5.74, 6) is -0.120. The Labute approximate surface area is 106 Å². The van der Waals surface area contributed by atoms with Gasteiger partial charge in [-0.3, -0.25) is 9.00 Å². The van der Waals surface area contributed by atoms with Crippen molar-refractivity contribution < 1.29 is 8.60 Å². The topological polar surface area (TPSA) is 39.1 Å². The number of aromatic nitrogens is 1. The molecular formula is C13H12FNO2S. The van der Waals surface area contributed by atoms with Crippen molar-refractivity contribution >= 4 is 10.8 Å². The fourth-order valence-corrected chi connectivity index (χ4v) is 2.63. The van der Waals surface area contributed by atoms with Gasteiger partial charge in [0, 0.05) is 29.5 Å². The van der Waals surface area contributed by atoms with Gasteiger partial charge in [-0.2, -0.15) is 0 Å². The van der Waals surface area contributed by atoms with Crippen LogP contribution in [0.1, 0.15) is 0 Å². The van der Waals surface area contributed by atoms with E-state index in [1.807, 2.05) is 0 Å². The zero-order chi connectivity index (χ0) is 13.0. The molecule has 0 saturated heterocycles. The number of hydrogen-bond donors (Lipinski definition) is 0. The van der Waals surface area contributed by atoms with E-state index in [9.17, 15) is 13.4 Å². The van der Waals surface area contributed by atoms with Gasteiger partial charge in [0.15, 0.2) is 0 Å². The Morgan fingerprint density at radius 3 is 2.72 bits per heavy atom. The van der Waals surface area contributed by atoms with E-state index in [2.05, 4.69) is 0 Å². The summed E-state index contributed by atoms with van der Waals surface area (Å²) in [4.78, 5) is 11.9. The highest BCUT2D eigenvalue weighted by atomic mass is 32.2. The van der Waals surface area contributed by atoms with Crippen LogP contribution in [-0.4, -0.2) is 14.5 Å². The molecule has 0 aliphatic heterocycles. The molecule has 2 aromatic rings. The average molecular weight is 265 g/mol. The van der Waals surface area contributed by atoms with Gasteiger partial charge in [0.1, 0.15) is 5.82 Å². The van der Waals surface area contributed by atoms with Crippen LogP contribution in [0.25, 0.3) is 0 Å². The molecule has 5 heteroatoms. The lowest BCUT2D eigenvalue weighted by atomic mass is 10.4.